The number of rotatable bonds is 10. The largest absolute Gasteiger partial charge is 0.461 e. The molecule has 218 valence electrons. The highest BCUT2D eigenvalue weighted by atomic mass is 32.2. The van der Waals surface area contributed by atoms with Crippen LogP contribution >= 0.6 is 0 Å². The number of anilines is 1. The van der Waals surface area contributed by atoms with Gasteiger partial charge in [0, 0.05) is 25.8 Å². The smallest absolute Gasteiger partial charge is 0.415 e. The van der Waals surface area contributed by atoms with E-state index in [1.165, 1.54) is 64.5 Å². The first-order chi connectivity index (χ1) is 18.9. The minimum atomic E-state index is -3.97. The summed E-state index contributed by atoms with van der Waals surface area (Å²) in [5.74, 6) is -1.02. The predicted molar refractivity (Wildman–Crippen MR) is 148 cm³/mol. The van der Waals surface area contributed by atoms with Crippen molar-refractivity contribution in [3.05, 3.63) is 54.1 Å². The molecule has 0 aliphatic carbocycles. The molecule has 0 saturated carbocycles. The Bertz CT molecular complexity index is 1300. The van der Waals surface area contributed by atoms with Gasteiger partial charge in [0.1, 0.15) is 17.8 Å². The highest BCUT2D eigenvalue weighted by molar-refractivity contribution is 7.89. The van der Waals surface area contributed by atoms with E-state index in [1.807, 2.05) is 6.92 Å². The molecule has 1 fully saturated rings. The zero-order chi connectivity index (χ0) is 29.6. The van der Waals surface area contributed by atoms with Crippen molar-refractivity contribution >= 4 is 33.7 Å². The second-order valence-electron chi connectivity index (χ2n) is 9.96. The monoisotopic (exact) mass is 575 g/mol. The molecule has 12 heteroatoms. The topological polar surface area (TPSA) is 134 Å². The lowest BCUT2D eigenvalue weighted by Gasteiger charge is -2.33. The fourth-order valence-electron chi connectivity index (χ4n) is 4.35. The molecule has 3 rings (SSSR count). The van der Waals surface area contributed by atoms with E-state index in [2.05, 4.69) is 0 Å². The van der Waals surface area contributed by atoms with Crippen molar-refractivity contribution in [1.29, 1.82) is 0 Å². The van der Waals surface area contributed by atoms with E-state index < -0.39 is 46.2 Å². The summed E-state index contributed by atoms with van der Waals surface area (Å²) < 4.78 is 38.9. The second-order valence-corrected chi connectivity index (χ2v) is 11.9. The summed E-state index contributed by atoms with van der Waals surface area (Å²) in [6.45, 7) is 6.81. The quantitative estimate of drug-likeness (QED) is 0.428. The molecule has 1 heterocycles. The number of aliphatic hydroxyl groups excluding tert-OH is 1. The summed E-state index contributed by atoms with van der Waals surface area (Å²) >= 11 is 0. The minimum Gasteiger partial charge on any atom is -0.461 e. The lowest BCUT2D eigenvalue weighted by Crippen LogP contribution is -2.53. The van der Waals surface area contributed by atoms with E-state index >= 15 is 0 Å². The molecule has 1 aliphatic rings. The number of carbonyl (C=O) groups excluding carboxylic acids is 3. The van der Waals surface area contributed by atoms with Gasteiger partial charge in [-0.05, 0) is 76.9 Å². The first-order valence-corrected chi connectivity index (χ1v) is 14.6. The standard InChI is InChI=1S/C28H37N3O8S/c1-19(2)38-27(34)21(4)31(22-10-12-23(13-11-22)39-28(35)29(5)17-18-32)26(33)25-7-6-16-30(25)40(36,37)24-14-8-20(3)9-15-24/h8-15,19,21,25,32H,6-7,16-18H2,1-5H3/t21-,25-/m0/s1. The van der Waals surface area contributed by atoms with Crippen LogP contribution in [0.25, 0.3) is 0 Å². The van der Waals surface area contributed by atoms with Crippen molar-refractivity contribution in [2.75, 3.05) is 31.6 Å². The Labute approximate surface area is 235 Å². The molecule has 1 saturated heterocycles. The van der Waals surface area contributed by atoms with Gasteiger partial charge in [-0.25, -0.2) is 18.0 Å². The summed E-state index contributed by atoms with van der Waals surface area (Å²) in [4.78, 5) is 41.7. The molecule has 2 atom stereocenters. The van der Waals surface area contributed by atoms with Gasteiger partial charge in [0.05, 0.1) is 17.6 Å². The normalized spacial score (nSPS) is 16.4. The van der Waals surface area contributed by atoms with Crippen LogP contribution in [0.1, 0.15) is 39.2 Å². The zero-order valence-corrected chi connectivity index (χ0v) is 24.3. The average Bonchev–Trinajstić information content (AvgIpc) is 3.41. The number of likely N-dealkylation sites (N-methyl/N-ethyl adjacent to an activating group) is 1. The fraction of sp³-hybridized carbons (Fsp3) is 0.464. The summed E-state index contributed by atoms with van der Waals surface area (Å²) in [7, 11) is -2.49. The van der Waals surface area contributed by atoms with Gasteiger partial charge >= 0.3 is 12.1 Å². The van der Waals surface area contributed by atoms with E-state index in [1.54, 1.807) is 26.0 Å². The van der Waals surface area contributed by atoms with Gasteiger partial charge in [-0.2, -0.15) is 4.31 Å². The van der Waals surface area contributed by atoms with Crippen LogP contribution in [0, 0.1) is 6.92 Å². The van der Waals surface area contributed by atoms with Crippen LogP contribution in [0.4, 0.5) is 10.5 Å². The van der Waals surface area contributed by atoms with E-state index in [4.69, 9.17) is 14.6 Å². The number of esters is 1. The van der Waals surface area contributed by atoms with Crippen LogP contribution in [0.5, 0.6) is 5.75 Å². The van der Waals surface area contributed by atoms with E-state index in [-0.39, 0.29) is 30.3 Å². The van der Waals surface area contributed by atoms with Gasteiger partial charge in [0.25, 0.3) is 0 Å². The first kappa shape index (κ1) is 31.1. The van der Waals surface area contributed by atoms with Crippen LogP contribution < -0.4 is 9.64 Å². The molecule has 2 aromatic carbocycles. The van der Waals surface area contributed by atoms with Crippen LogP contribution in [0.3, 0.4) is 0 Å². The number of aliphatic hydroxyl groups is 1. The Morgan fingerprint density at radius 3 is 2.25 bits per heavy atom. The minimum absolute atomic E-state index is 0.0916. The van der Waals surface area contributed by atoms with Gasteiger partial charge in [0.15, 0.2) is 0 Å². The van der Waals surface area contributed by atoms with Crippen molar-refractivity contribution in [1.82, 2.24) is 9.21 Å². The molecule has 40 heavy (non-hydrogen) atoms. The second kappa shape index (κ2) is 13.2. The number of hydrogen-bond acceptors (Lipinski definition) is 8. The number of hydrogen-bond donors (Lipinski definition) is 1. The first-order valence-electron chi connectivity index (χ1n) is 13.1. The molecule has 1 N–H and O–H groups in total. The van der Waals surface area contributed by atoms with Crippen LogP contribution in [0.2, 0.25) is 0 Å². The highest BCUT2D eigenvalue weighted by Crippen LogP contribution is 2.31. The molecule has 0 bridgehead atoms. The van der Waals surface area contributed by atoms with Gasteiger partial charge in [-0.15, -0.1) is 0 Å². The number of ether oxygens (including phenoxy) is 2. The third kappa shape index (κ3) is 7.18. The molecule has 2 aromatic rings. The van der Waals surface area contributed by atoms with Gasteiger partial charge in [-0.1, -0.05) is 17.7 Å². The molecule has 0 spiro atoms. The highest BCUT2D eigenvalue weighted by Gasteiger charge is 2.43. The number of aryl methyl sites for hydroxylation is 1. The summed E-state index contributed by atoms with van der Waals surface area (Å²) in [6, 6.07) is 10.3. The van der Waals surface area contributed by atoms with E-state index in [9.17, 15) is 22.8 Å². The third-order valence-corrected chi connectivity index (χ3v) is 8.42. The summed E-state index contributed by atoms with van der Waals surface area (Å²) in [5.41, 5.74) is 1.21. The van der Waals surface area contributed by atoms with Crippen LogP contribution in [-0.2, 0) is 24.3 Å². The number of amides is 2. The molecule has 0 aromatic heterocycles. The summed E-state index contributed by atoms with van der Waals surface area (Å²) in [6.07, 6.45) is -0.323. The van der Waals surface area contributed by atoms with Crippen molar-refractivity contribution < 1.29 is 37.4 Å². The molecule has 11 nitrogen and oxygen atoms in total. The zero-order valence-electron chi connectivity index (χ0n) is 23.4. The fourth-order valence-corrected chi connectivity index (χ4v) is 6.00. The van der Waals surface area contributed by atoms with Gasteiger partial charge < -0.3 is 19.5 Å². The summed E-state index contributed by atoms with van der Waals surface area (Å²) in [5, 5.41) is 9.02. The molecule has 0 unspecified atom stereocenters. The van der Waals surface area contributed by atoms with Crippen molar-refractivity contribution in [3.63, 3.8) is 0 Å². The lowest BCUT2D eigenvalue weighted by molar-refractivity contribution is -0.149. The Kier molecular flexibility index (Phi) is 10.3. The molecule has 1 aliphatic heterocycles. The number of benzene rings is 2. The predicted octanol–water partition coefficient (Wildman–Crippen LogP) is 2.94. The Morgan fingerprint density at radius 1 is 1.05 bits per heavy atom. The maximum absolute atomic E-state index is 14.0. The number of sulfonamides is 1. The van der Waals surface area contributed by atoms with E-state index in [0.29, 0.717) is 18.5 Å². The lowest BCUT2D eigenvalue weighted by atomic mass is 10.1. The Balaban J connectivity index is 1.94. The molecule has 0 radical (unpaired) electrons. The SMILES string of the molecule is Cc1ccc(S(=O)(=O)N2CCC[C@H]2C(=O)N(c2ccc(OC(=O)N(C)CCO)cc2)[C@@H](C)C(=O)OC(C)C)cc1. The Morgan fingerprint density at radius 2 is 1.68 bits per heavy atom. The third-order valence-electron chi connectivity index (χ3n) is 6.50. The maximum atomic E-state index is 14.0. The van der Waals surface area contributed by atoms with Crippen LogP contribution in [-0.4, -0.2) is 85.6 Å². The van der Waals surface area contributed by atoms with Crippen LogP contribution in [0.15, 0.2) is 53.4 Å². The molecular formula is C28H37N3O8S. The number of carbonyl (C=O) groups is 3. The van der Waals surface area contributed by atoms with E-state index in [0.717, 1.165) is 5.56 Å². The average molecular weight is 576 g/mol. The van der Waals surface area contributed by atoms with Gasteiger partial charge in [0.2, 0.25) is 15.9 Å². The maximum Gasteiger partial charge on any atom is 0.415 e. The van der Waals surface area contributed by atoms with Crippen molar-refractivity contribution in [3.8, 4) is 5.75 Å². The van der Waals surface area contributed by atoms with Crippen molar-refractivity contribution in [2.24, 2.45) is 0 Å². The van der Waals surface area contributed by atoms with Crippen molar-refractivity contribution in [2.45, 2.75) is 63.6 Å². The molecule has 2 amide bonds. The Hall–Kier alpha value is -3.48. The number of nitrogens with zero attached hydrogens (tertiary/aromatic N) is 3. The van der Waals surface area contributed by atoms with Gasteiger partial charge in [-0.3, -0.25) is 9.69 Å². The molecular weight excluding hydrogens is 538 g/mol.